The molecule has 1 aromatic heterocycles. The number of hydrogen-bond donors (Lipinski definition) is 1. The quantitative estimate of drug-likeness (QED) is 0.819. The van der Waals surface area contributed by atoms with Crippen molar-refractivity contribution >= 4 is 22.9 Å². The number of nitrogens with zero attached hydrogens (tertiary/aromatic N) is 2. The second kappa shape index (κ2) is 8.31. The van der Waals surface area contributed by atoms with Crippen molar-refractivity contribution in [2.45, 2.75) is 13.3 Å². The van der Waals surface area contributed by atoms with Crippen molar-refractivity contribution in [1.29, 1.82) is 0 Å². The minimum atomic E-state index is 0.0421. The zero-order valence-corrected chi connectivity index (χ0v) is 15.0. The van der Waals surface area contributed by atoms with Gasteiger partial charge in [-0.3, -0.25) is 9.69 Å². The molecule has 0 bridgehead atoms. The molecule has 0 spiro atoms. The first-order chi connectivity index (χ1) is 11.7. The van der Waals surface area contributed by atoms with Crippen molar-refractivity contribution in [3.8, 4) is 0 Å². The molecule has 0 saturated carbocycles. The van der Waals surface area contributed by atoms with Gasteiger partial charge in [-0.15, -0.1) is 0 Å². The molecular formula is C19H25N3OS. The summed E-state index contributed by atoms with van der Waals surface area (Å²) in [6.45, 7) is 8.26. The van der Waals surface area contributed by atoms with Gasteiger partial charge < -0.3 is 10.2 Å². The second-order valence-electron chi connectivity index (χ2n) is 6.29. The van der Waals surface area contributed by atoms with E-state index in [0.29, 0.717) is 0 Å². The molecule has 128 valence electrons. The van der Waals surface area contributed by atoms with Crippen LogP contribution in [-0.2, 0) is 0 Å². The van der Waals surface area contributed by atoms with E-state index in [0.717, 1.165) is 51.3 Å². The van der Waals surface area contributed by atoms with Crippen LogP contribution in [0.3, 0.4) is 0 Å². The van der Waals surface area contributed by atoms with Crippen LogP contribution in [0.5, 0.6) is 0 Å². The van der Waals surface area contributed by atoms with Gasteiger partial charge in [0.2, 0.25) is 0 Å². The van der Waals surface area contributed by atoms with E-state index in [1.165, 1.54) is 11.3 Å². The van der Waals surface area contributed by atoms with Crippen molar-refractivity contribution in [3.63, 3.8) is 0 Å². The monoisotopic (exact) mass is 343 g/mol. The minimum Gasteiger partial charge on any atom is -0.369 e. The van der Waals surface area contributed by atoms with E-state index in [4.69, 9.17) is 0 Å². The molecule has 24 heavy (non-hydrogen) atoms. The highest BCUT2D eigenvalue weighted by Gasteiger charge is 2.16. The Hall–Kier alpha value is -1.85. The van der Waals surface area contributed by atoms with Crippen LogP contribution in [0.15, 0.2) is 41.1 Å². The third-order valence-corrected chi connectivity index (χ3v) is 5.14. The van der Waals surface area contributed by atoms with Crippen molar-refractivity contribution in [1.82, 2.24) is 10.2 Å². The van der Waals surface area contributed by atoms with Crippen LogP contribution in [0.2, 0.25) is 0 Å². The normalized spacial score (nSPS) is 15.5. The Kier molecular flexibility index (Phi) is 5.88. The van der Waals surface area contributed by atoms with Gasteiger partial charge in [0.25, 0.3) is 5.91 Å². The van der Waals surface area contributed by atoms with E-state index in [1.54, 1.807) is 11.3 Å². The molecule has 1 aliphatic heterocycles. The predicted octanol–water partition coefficient (Wildman–Crippen LogP) is 3.00. The van der Waals surface area contributed by atoms with Crippen molar-refractivity contribution in [2.75, 3.05) is 44.2 Å². The molecular weight excluding hydrogens is 318 g/mol. The number of benzene rings is 1. The van der Waals surface area contributed by atoms with Crippen LogP contribution in [0, 0.1) is 6.92 Å². The van der Waals surface area contributed by atoms with Gasteiger partial charge in [0, 0.05) is 49.4 Å². The summed E-state index contributed by atoms with van der Waals surface area (Å²) in [5, 5.41) is 6.82. The largest absolute Gasteiger partial charge is 0.369 e. The van der Waals surface area contributed by atoms with Gasteiger partial charge in [-0.25, -0.2) is 0 Å². The number of piperazine rings is 1. The van der Waals surface area contributed by atoms with Crippen LogP contribution in [0.25, 0.3) is 0 Å². The Balaban J connectivity index is 1.35. The first-order valence-corrected chi connectivity index (χ1v) is 9.51. The smallest absolute Gasteiger partial charge is 0.252 e. The molecule has 5 heteroatoms. The fourth-order valence-electron chi connectivity index (χ4n) is 3.05. The van der Waals surface area contributed by atoms with E-state index in [1.807, 2.05) is 16.8 Å². The molecule has 1 aromatic carbocycles. The van der Waals surface area contributed by atoms with Gasteiger partial charge in [-0.2, -0.15) is 11.3 Å². The minimum absolute atomic E-state index is 0.0421. The number of carbonyl (C=O) groups excluding carboxylic acids is 1. The molecule has 1 amide bonds. The number of nitrogens with one attached hydrogen (secondary N) is 1. The van der Waals surface area contributed by atoms with E-state index < -0.39 is 0 Å². The molecule has 1 aliphatic rings. The predicted molar refractivity (Wildman–Crippen MR) is 101 cm³/mol. The highest BCUT2D eigenvalue weighted by atomic mass is 32.1. The molecule has 3 rings (SSSR count). The topological polar surface area (TPSA) is 35.6 Å². The lowest BCUT2D eigenvalue weighted by molar-refractivity contribution is 0.0952. The lowest BCUT2D eigenvalue weighted by atomic mass is 10.2. The van der Waals surface area contributed by atoms with Crippen molar-refractivity contribution in [2.24, 2.45) is 0 Å². The SMILES string of the molecule is Cc1cccc(N2CCN(CCCNC(=O)c3ccsc3)CC2)c1. The van der Waals surface area contributed by atoms with Crippen LogP contribution in [0.1, 0.15) is 22.3 Å². The average Bonchev–Trinajstić information content (AvgIpc) is 3.14. The van der Waals surface area contributed by atoms with Gasteiger partial charge in [-0.05, 0) is 49.0 Å². The fourth-order valence-corrected chi connectivity index (χ4v) is 3.69. The molecule has 2 aromatic rings. The van der Waals surface area contributed by atoms with Gasteiger partial charge in [0.15, 0.2) is 0 Å². The van der Waals surface area contributed by atoms with Crippen LogP contribution in [-0.4, -0.2) is 50.1 Å². The molecule has 1 saturated heterocycles. The summed E-state index contributed by atoms with van der Waals surface area (Å²) < 4.78 is 0. The molecule has 0 atom stereocenters. The number of amides is 1. The fraction of sp³-hybridized carbons (Fsp3) is 0.421. The Morgan fingerprint density at radius 3 is 2.75 bits per heavy atom. The van der Waals surface area contributed by atoms with E-state index in [9.17, 15) is 4.79 Å². The molecule has 0 unspecified atom stereocenters. The zero-order valence-electron chi connectivity index (χ0n) is 14.2. The first-order valence-electron chi connectivity index (χ1n) is 8.57. The van der Waals surface area contributed by atoms with Gasteiger partial charge in [0.05, 0.1) is 0 Å². The average molecular weight is 343 g/mol. The summed E-state index contributed by atoms with van der Waals surface area (Å²) in [4.78, 5) is 16.8. The van der Waals surface area contributed by atoms with Crippen molar-refractivity contribution in [3.05, 3.63) is 52.2 Å². The van der Waals surface area contributed by atoms with E-state index in [2.05, 4.69) is 46.3 Å². The van der Waals surface area contributed by atoms with Crippen molar-refractivity contribution < 1.29 is 4.79 Å². The Morgan fingerprint density at radius 1 is 1.21 bits per heavy atom. The van der Waals surface area contributed by atoms with Gasteiger partial charge in [0.1, 0.15) is 0 Å². The number of anilines is 1. The number of aryl methyl sites for hydroxylation is 1. The first kappa shape index (κ1) is 17.0. The third-order valence-electron chi connectivity index (χ3n) is 4.46. The Labute approximate surface area is 148 Å². The molecule has 0 aliphatic carbocycles. The number of carbonyl (C=O) groups is 1. The highest BCUT2D eigenvalue weighted by molar-refractivity contribution is 7.08. The van der Waals surface area contributed by atoms with Crippen LogP contribution in [0.4, 0.5) is 5.69 Å². The summed E-state index contributed by atoms with van der Waals surface area (Å²) in [5.74, 6) is 0.0421. The molecule has 0 radical (unpaired) electrons. The second-order valence-corrected chi connectivity index (χ2v) is 7.07. The third kappa shape index (κ3) is 4.58. The van der Waals surface area contributed by atoms with Crippen LogP contribution >= 0.6 is 11.3 Å². The highest BCUT2D eigenvalue weighted by Crippen LogP contribution is 2.17. The molecule has 1 fully saturated rings. The maximum absolute atomic E-state index is 11.9. The maximum Gasteiger partial charge on any atom is 0.252 e. The van der Waals surface area contributed by atoms with Gasteiger partial charge in [-0.1, -0.05) is 12.1 Å². The summed E-state index contributed by atoms with van der Waals surface area (Å²) in [5.41, 5.74) is 3.42. The lowest BCUT2D eigenvalue weighted by Crippen LogP contribution is -2.47. The number of thiophene rings is 1. The molecule has 4 nitrogen and oxygen atoms in total. The lowest BCUT2D eigenvalue weighted by Gasteiger charge is -2.36. The molecule has 1 N–H and O–H groups in total. The Morgan fingerprint density at radius 2 is 2.04 bits per heavy atom. The summed E-state index contributed by atoms with van der Waals surface area (Å²) >= 11 is 1.56. The Bertz CT molecular complexity index is 648. The standard InChI is InChI=1S/C19H25N3OS/c1-16-4-2-5-18(14-16)22-11-9-21(10-12-22)8-3-7-20-19(23)17-6-13-24-15-17/h2,4-6,13-15H,3,7-12H2,1H3,(H,20,23). The summed E-state index contributed by atoms with van der Waals surface area (Å²) in [6, 6.07) is 10.6. The number of hydrogen-bond acceptors (Lipinski definition) is 4. The van der Waals surface area contributed by atoms with E-state index in [-0.39, 0.29) is 5.91 Å². The number of rotatable bonds is 6. The summed E-state index contributed by atoms with van der Waals surface area (Å²) in [6.07, 6.45) is 1.00. The molecule has 2 heterocycles. The van der Waals surface area contributed by atoms with E-state index >= 15 is 0 Å². The van der Waals surface area contributed by atoms with Crippen LogP contribution < -0.4 is 10.2 Å². The zero-order chi connectivity index (χ0) is 16.8. The maximum atomic E-state index is 11.9. The van der Waals surface area contributed by atoms with Gasteiger partial charge >= 0.3 is 0 Å². The summed E-state index contributed by atoms with van der Waals surface area (Å²) in [7, 11) is 0.